The Labute approximate surface area is 92.1 Å². The number of nitrogens with zero attached hydrogens (tertiary/aromatic N) is 2. The van der Waals surface area contributed by atoms with Crippen LogP contribution < -0.4 is 0 Å². The molecular formula is C12H22N2O. The van der Waals surface area contributed by atoms with Gasteiger partial charge in [0.1, 0.15) is 0 Å². The SMILES string of the molecule is CCc1cc(CC)n(CCCCCO)n1. The molecule has 1 aromatic rings. The minimum Gasteiger partial charge on any atom is -0.396 e. The van der Waals surface area contributed by atoms with Crippen molar-refractivity contribution in [2.75, 3.05) is 6.61 Å². The monoisotopic (exact) mass is 210 g/mol. The molecule has 0 atom stereocenters. The van der Waals surface area contributed by atoms with E-state index in [9.17, 15) is 0 Å². The molecule has 3 heteroatoms. The first-order valence-electron chi connectivity index (χ1n) is 5.98. The molecule has 0 aliphatic carbocycles. The fourth-order valence-electron chi connectivity index (χ4n) is 1.72. The maximum Gasteiger partial charge on any atom is 0.0624 e. The molecule has 0 bridgehead atoms. The van der Waals surface area contributed by atoms with Gasteiger partial charge in [-0.05, 0) is 38.2 Å². The molecule has 15 heavy (non-hydrogen) atoms. The molecular weight excluding hydrogens is 188 g/mol. The number of rotatable bonds is 7. The third-order valence-corrected chi connectivity index (χ3v) is 2.67. The summed E-state index contributed by atoms with van der Waals surface area (Å²) in [5, 5.41) is 13.2. The van der Waals surface area contributed by atoms with Crippen LogP contribution in [0.15, 0.2) is 6.07 Å². The van der Waals surface area contributed by atoms with Crippen molar-refractivity contribution in [3.8, 4) is 0 Å². The Bertz CT molecular complexity index is 281. The van der Waals surface area contributed by atoms with Crippen LogP contribution in [0.5, 0.6) is 0 Å². The van der Waals surface area contributed by atoms with Gasteiger partial charge in [0.25, 0.3) is 0 Å². The van der Waals surface area contributed by atoms with Gasteiger partial charge in [0.15, 0.2) is 0 Å². The van der Waals surface area contributed by atoms with Gasteiger partial charge in [-0.3, -0.25) is 4.68 Å². The molecule has 0 radical (unpaired) electrons. The molecule has 0 unspecified atom stereocenters. The second-order valence-electron chi connectivity index (χ2n) is 3.84. The van der Waals surface area contributed by atoms with E-state index in [1.165, 1.54) is 11.4 Å². The third-order valence-electron chi connectivity index (χ3n) is 2.67. The van der Waals surface area contributed by atoms with Crippen molar-refractivity contribution >= 4 is 0 Å². The molecule has 0 aromatic carbocycles. The van der Waals surface area contributed by atoms with E-state index in [0.29, 0.717) is 6.61 Å². The summed E-state index contributed by atoms with van der Waals surface area (Å²) in [6.45, 7) is 5.60. The van der Waals surface area contributed by atoms with Gasteiger partial charge in [0.05, 0.1) is 5.69 Å². The lowest BCUT2D eigenvalue weighted by molar-refractivity contribution is 0.281. The predicted molar refractivity (Wildman–Crippen MR) is 61.9 cm³/mol. The van der Waals surface area contributed by atoms with Crippen LogP contribution in [0.1, 0.15) is 44.5 Å². The first-order valence-corrected chi connectivity index (χ1v) is 5.98. The number of unbranched alkanes of at least 4 members (excludes halogenated alkanes) is 2. The summed E-state index contributed by atoms with van der Waals surface area (Å²) < 4.78 is 2.12. The third kappa shape index (κ3) is 3.67. The highest BCUT2D eigenvalue weighted by molar-refractivity contribution is 5.10. The number of aliphatic hydroxyl groups is 1. The number of hydrogen-bond acceptors (Lipinski definition) is 2. The van der Waals surface area contributed by atoms with E-state index in [2.05, 4.69) is 29.7 Å². The Morgan fingerprint density at radius 3 is 2.60 bits per heavy atom. The second kappa shape index (κ2) is 6.62. The van der Waals surface area contributed by atoms with Crippen LogP contribution in [0.2, 0.25) is 0 Å². The van der Waals surface area contributed by atoms with Crippen LogP contribution in [0, 0.1) is 0 Å². The lowest BCUT2D eigenvalue weighted by atomic mass is 10.2. The van der Waals surface area contributed by atoms with Gasteiger partial charge in [0, 0.05) is 18.8 Å². The van der Waals surface area contributed by atoms with E-state index in [-0.39, 0.29) is 0 Å². The molecule has 1 heterocycles. The van der Waals surface area contributed by atoms with E-state index in [0.717, 1.165) is 38.6 Å². The van der Waals surface area contributed by atoms with Crippen molar-refractivity contribution in [2.45, 2.75) is 52.5 Å². The zero-order valence-electron chi connectivity index (χ0n) is 9.87. The smallest absolute Gasteiger partial charge is 0.0624 e. The van der Waals surface area contributed by atoms with Crippen molar-refractivity contribution in [1.82, 2.24) is 9.78 Å². The molecule has 1 N–H and O–H groups in total. The van der Waals surface area contributed by atoms with Crippen LogP contribution in [0.4, 0.5) is 0 Å². The van der Waals surface area contributed by atoms with E-state index >= 15 is 0 Å². The summed E-state index contributed by atoms with van der Waals surface area (Å²) in [4.78, 5) is 0. The maximum absolute atomic E-state index is 8.68. The van der Waals surface area contributed by atoms with E-state index in [1.807, 2.05) is 0 Å². The number of hydrogen-bond donors (Lipinski definition) is 1. The van der Waals surface area contributed by atoms with Crippen molar-refractivity contribution in [1.29, 1.82) is 0 Å². The summed E-state index contributed by atoms with van der Waals surface area (Å²) in [5.74, 6) is 0. The zero-order valence-corrected chi connectivity index (χ0v) is 9.87. The summed E-state index contributed by atoms with van der Waals surface area (Å²) in [6, 6.07) is 2.20. The second-order valence-corrected chi connectivity index (χ2v) is 3.84. The Balaban J connectivity index is 2.47. The topological polar surface area (TPSA) is 38.0 Å². The molecule has 0 amide bonds. The van der Waals surface area contributed by atoms with Gasteiger partial charge in [-0.25, -0.2) is 0 Å². The highest BCUT2D eigenvalue weighted by Crippen LogP contribution is 2.08. The van der Waals surface area contributed by atoms with Crippen molar-refractivity contribution in [2.24, 2.45) is 0 Å². The number of aryl methyl sites for hydroxylation is 3. The summed E-state index contributed by atoms with van der Waals surface area (Å²) in [7, 11) is 0. The van der Waals surface area contributed by atoms with Gasteiger partial charge in [-0.1, -0.05) is 13.8 Å². The zero-order chi connectivity index (χ0) is 11.1. The molecule has 0 aliphatic heterocycles. The Morgan fingerprint density at radius 1 is 1.20 bits per heavy atom. The maximum atomic E-state index is 8.68. The van der Waals surface area contributed by atoms with E-state index in [1.54, 1.807) is 0 Å². The van der Waals surface area contributed by atoms with E-state index in [4.69, 9.17) is 5.11 Å². The molecule has 0 spiro atoms. The first-order chi connectivity index (χ1) is 7.31. The minimum atomic E-state index is 0.306. The summed E-state index contributed by atoms with van der Waals surface area (Å²) in [5.41, 5.74) is 2.52. The van der Waals surface area contributed by atoms with Crippen LogP contribution >= 0.6 is 0 Å². The van der Waals surface area contributed by atoms with Gasteiger partial charge in [-0.2, -0.15) is 5.10 Å². The average Bonchev–Trinajstić information content (AvgIpc) is 2.67. The largest absolute Gasteiger partial charge is 0.396 e. The average molecular weight is 210 g/mol. The standard InChI is InChI=1S/C12H22N2O/c1-3-11-10-12(4-2)14(13-11)8-6-5-7-9-15/h10,15H,3-9H2,1-2H3. The summed E-state index contributed by atoms with van der Waals surface area (Å²) >= 11 is 0. The molecule has 1 aromatic heterocycles. The summed E-state index contributed by atoms with van der Waals surface area (Å²) in [6.07, 6.45) is 5.16. The van der Waals surface area contributed by atoms with E-state index < -0.39 is 0 Å². The van der Waals surface area contributed by atoms with Crippen LogP contribution in [0.25, 0.3) is 0 Å². The predicted octanol–water partition coefficient (Wildman–Crippen LogP) is 2.17. The van der Waals surface area contributed by atoms with Gasteiger partial charge in [-0.15, -0.1) is 0 Å². The highest BCUT2D eigenvalue weighted by atomic mass is 16.2. The normalized spacial score (nSPS) is 10.9. The van der Waals surface area contributed by atoms with Crippen LogP contribution in [-0.2, 0) is 19.4 Å². The quantitative estimate of drug-likeness (QED) is 0.700. The first kappa shape index (κ1) is 12.2. The fraction of sp³-hybridized carbons (Fsp3) is 0.750. The molecule has 86 valence electrons. The lowest BCUT2D eigenvalue weighted by Crippen LogP contribution is -2.05. The van der Waals surface area contributed by atoms with Crippen molar-refractivity contribution in [3.05, 3.63) is 17.5 Å². The molecule has 1 rings (SSSR count). The van der Waals surface area contributed by atoms with Gasteiger partial charge < -0.3 is 5.11 Å². The molecule has 0 saturated carbocycles. The number of aliphatic hydroxyl groups excluding tert-OH is 1. The molecule has 0 fully saturated rings. The van der Waals surface area contributed by atoms with Crippen LogP contribution in [0.3, 0.4) is 0 Å². The molecule has 0 saturated heterocycles. The van der Waals surface area contributed by atoms with Crippen molar-refractivity contribution < 1.29 is 5.11 Å². The minimum absolute atomic E-state index is 0.306. The highest BCUT2D eigenvalue weighted by Gasteiger charge is 2.04. The van der Waals surface area contributed by atoms with Crippen LogP contribution in [-0.4, -0.2) is 21.5 Å². The van der Waals surface area contributed by atoms with Crippen molar-refractivity contribution in [3.63, 3.8) is 0 Å². The fourth-order valence-corrected chi connectivity index (χ4v) is 1.72. The Hall–Kier alpha value is -0.830. The Morgan fingerprint density at radius 2 is 2.00 bits per heavy atom. The van der Waals surface area contributed by atoms with Gasteiger partial charge in [0.2, 0.25) is 0 Å². The Kier molecular flexibility index (Phi) is 5.40. The number of aromatic nitrogens is 2. The molecule has 0 aliphatic rings. The lowest BCUT2D eigenvalue weighted by Gasteiger charge is -2.04. The van der Waals surface area contributed by atoms with Gasteiger partial charge >= 0.3 is 0 Å². The molecule has 3 nitrogen and oxygen atoms in total.